The van der Waals surface area contributed by atoms with Gasteiger partial charge in [-0.15, -0.1) is 0 Å². The average Bonchev–Trinajstić information content (AvgIpc) is 3.05. The molecule has 2 unspecified atom stereocenters. The number of benzene rings is 1. The summed E-state index contributed by atoms with van der Waals surface area (Å²) in [7, 11) is -1.71. The largest absolute Gasteiger partial charge is 0.504 e. The molecule has 1 saturated heterocycles. The van der Waals surface area contributed by atoms with E-state index in [1.54, 1.807) is 13.0 Å². The standard InChI is InChI=1S/C20H29N4O4P/c1-6-16-11-28-29(26,24-16)18(10-21-20-22-13(3)8-14(4)23-20)15-7-12(2)19(25)17(9-15)27-5/h7-9,16,18,25H,6,10-11H2,1-5H3,(H,24,26)(H,21,22,23)/t16-,18?,29?/m0/s1. The van der Waals surface area contributed by atoms with Crippen LogP contribution in [0.4, 0.5) is 5.95 Å². The van der Waals surface area contributed by atoms with E-state index in [9.17, 15) is 9.67 Å². The molecule has 2 heterocycles. The second kappa shape index (κ2) is 8.69. The number of aryl methyl sites for hydroxylation is 3. The Bertz CT molecular complexity index is 917. The molecule has 0 saturated carbocycles. The smallest absolute Gasteiger partial charge is 0.279 e. The van der Waals surface area contributed by atoms with Crippen molar-refractivity contribution in [2.45, 2.75) is 45.8 Å². The van der Waals surface area contributed by atoms with Crippen molar-refractivity contribution in [1.82, 2.24) is 15.1 Å². The first-order chi connectivity index (χ1) is 13.8. The molecule has 8 nitrogen and oxygen atoms in total. The fourth-order valence-corrected chi connectivity index (χ4v) is 5.94. The van der Waals surface area contributed by atoms with Gasteiger partial charge in [0.2, 0.25) is 5.95 Å². The minimum atomic E-state index is -3.21. The molecule has 29 heavy (non-hydrogen) atoms. The molecular weight excluding hydrogens is 391 g/mol. The highest BCUT2D eigenvalue weighted by Gasteiger charge is 2.42. The molecule has 1 fully saturated rings. The fourth-order valence-electron chi connectivity index (χ4n) is 3.47. The Morgan fingerprint density at radius 1 is 1.31 bits per heavy atom. The van der Waals surface area contributed by atoms with E-state index in [-0.39, 0.29) is 11.8 Å². The van der Waals surface area contributed by atoms with Crippen LogP contribution in [0.3, 0.4) is 0 Å². The van der Waals surface area contributed by atoms with Crippen LogP contribution in [0.25, 0.3) is 0 Å². The molecule has 1 aromatic carbocycles. The number of nitrogens with zero attached hydrogens (tertiary/aromatic N) is 2. The van der Waals surface area contributed by atoms with Crippen LogP contribution in [0, 0.1) is 20.8 Å². The zero-order valence-corrected chi connectivity index (χ0v) is 18.4. The predicted molar refractivity (Wildman–Crippen MR) is 113 cm³/mol. The number of rotatable bonds is 7. The molecule has 9 heteroatoms. The first-order valence-corrected chi connectivity index (χ1v) is 11.4. The lowest BCUT2D eigenvalue weighted by atomic mass is 10.1. The van der Waals surface area contributed by atoms with Gasteiger partial charge in [-0.1, -0.05) is 13.0 Å². The Morgan fingerprint density at radius 2 is 2.00 bits per heavy atom. The maximum atomic E-state index is 13.7. The topological polar surface area (TPSA) is 106 Å². The van der Waals surface area contributed by atoms with Crippen LogP contribution in [-0.2, 0) is 9.09 Å². The number of phenols is 1. The van der Waals surface area contributed by atoms with Crippen molar-refractivity contribution in [3.63, 3.8) is 0 Å². The number of hydrogen-bond acceptors (Lipinski definition) is 7. The molecule has 158 valence electrons. The average molecular weight is 420 g/mol. The molecular formula is C20H29N4O4P. The summed E-state index contributed by atoms with van der Waals surface area (Å²) in [5.41, 5.74) is 2.60. The highest BCUT2D eigenvalue weighted by Crippen LogP contribution is 2.60. The lowest BCUT2D eigenvalue weighted by Crippen LogP contribution is -2.24. The van der Waals surface area contributed by atoms with Gasteiger partial charge in [0, 0.05) is 24.0 Å². The lowest BCUT2D eigenvalue weighted by Gasteiger charge is -2.25. The molecule has 0 bridgehead atoms. The molecule has 2 aromatic rings. The number of methoxy groups -OCH3 is 1. The summed E-state index contributed by atoms with van der Waals surface area (Å²) < 4.78 is 24.8. The first-order valence-electron chi connectivity index (χ1n) is 9.71. The molecule has 1 aliphatic rings. The number of aromatic hydroxyl groups is 1. The van der Waals surface area contributed by atoms with E-state index in [0.29, 0.717) is 30.4 Å². The summed E-state index contributed by atoms with van der Waals surface area (Å²) in [6.07, 6.45) is 0.822. The summed E-state index contributed by atoms with van der Waals surface area (Å²) in [5.74, 6) is 0.893. The fraction of sp³-hybridized carbons (Fsp3) is 0.500. The van der Waals surface area contributed by atoms with Crippen LogP contribution in [0.2, 0.25) is 0 Å². The number of aromatic nitrogens is 2. The monoisotopic (exact) mass is 420 g/mol. The Kier molecular flexibility index (Phi) is 6.46. The molecule has 1 aliphatic heterocycles. The van der Waals surface area contributed by atoms with E-state index in [2.05, 4.69) is 20.4 Å². The third-order valence-corrected chi connectivity index (χ3v) is 7.62. The zero-order valence-electron chi connectivity index (χ0n) is 17.5. The van der Waals surface area contributed by atoms with Gasteiger partial charge in [-0.05, 0) is 50.5 Å². The van der Waals surface area contributed by atoms with Crippen molar-refractivity contribution in [3.8, 4) is 11.5 Å². The third kappa shape index (κ3) is 4.71. The van der Waals surface area contributed by atoms with Crippen molar-refractivity contribution in [3.05, 3.63) is 40.7 Å². The van der Waals surface area contributed by atoms with Gasteiger partial charge in [-0.2, -0.15) is 0 Å². The molecule has 3 atom stereocenters. The number of hydrogen-bond donors (Lipinski definition) is 3. The van der Waals surface area contributed by atoms with Crippen molar-refractivity contribution in [1.29, 1.82) is 0 Å². The normalized spacial score (nSPS) is 22.4. The van der Waals surface area contributed by atoms with Crippen LogP contribution in [0.15, 0.2) is 18.2 Å². The number of phenolic OH excluding ortho intramolecular Hbond substituents is 1. The summed E-state index contributed by atoms with van der Waals surface area (Å²) >= 11 is 0. The van der Waals surface area contributed by atoms with Crippen LogP contribution < -0.4 is 15.1 Å². The quantitative estimate of drug-likeness (QED) is 0.580. The highest BCUT2D eigenvalue weighted by atomic mass is 31.2. The van der Waals surface area contributed by atoms with E-state index in [1.165, 1.54) is 7.11 Å². The minimum Gasteiger partial charge on any atom is -0.504 e. The van der Waals surface area contributed by atoms with E-state index in [1.807, 2.05) is 32.9 Å². The SMILES string of the molecule is CC[C@H]1COP(=O)(C(CNc2nc(C)cc(C)n2)c2cc(C)c(O)c(OC)c2)N1. The summed E-state index contributed by atoms with van der Waals surface area (Å²) in [5, 5.41) is 16.6. The van der Waals surface area contributed by atoms with Gasteiger partial charge in [-0.3, -0.25) is 4.57 Å². The van der Waals surface area contributed by atoms with Crippen molar-refractivity contribution in [2.75, 3.05) is 25.6 Å². The van der Waals surface area contributed by atoms with Gasteiger partial charge < -0.3 is 19.7 Å². The number of ether oxygens (including phenoxy) is 1. The minimum absolute atomic E-state index is 0.0425. The summed E-state index contributed by atoms with van der Waals surface area (Å²) in [4.78, 5) is 8.82. The van der Waals surface area contributed by atoms with E-state index < -0.39 is 13.2 Å². The molecule has 0 aliphatic carbocycles. The van der Waals surface area contributed by atoms with Crippen LogP contribution >= 0.6 is 7.52 Å². The van der Waals surface area contributed by atoms with Crippen molar-refractivity contribution in [2.24, 2.45) is 0 Å². The molecule has 0 amide bonds. The van der Waals surface area contributed by atoms with E-state index in [0.717, 1.165) is 23.4 Å². The molecule has 0 spiro atoms. The Balaban J connectivity index is 1.96. The van der Waals surface area contributed by atoms with Gasteiger partial charge in [-0.25, -0.2) is 15.1 Å². The second-order valence-electron chi connectivity index (χ2n) is 7.39. The van der Waals surface area contributed by atoms with Crippen LogP contribution in [0.1, 0.15) is 41.5 Å². The summed E-state index contributed by atoms with van der Waals surface area (Å²) in [6, 6.07) is 5.46. The molecule has 1 aromatic heterocycles. The maximum absolute atomic E-state index is 13.7. The number of nitrogens with one attached hydrogen (secondary N) is 2. The van der Waals surface area contributed by atoms with Crippen molar-refractivity contribution < 1.29 is 18.9 Å². The maximum Gasteiger partial charge on any atom is 0.279 e. The first kappa shape index (κ1) is 21.6. The highest BCUT2D eigenvalue weighted by molar-refractivity contribution is 7.57. The Hall–Kier alpha value is -2.15. The van der Waals surface area contributed by atoms with Crippen LogP contribution in [0.5, 0.6) is 11.5 Å². The third-order valence-electron chi connectivity index (χ3n) is 5.06. The van der Waals surface area contributed by atoms with E-state index in [4.69, 9.17) is 9.26 Å². The molecule has 3 rings (SSSR count). The summed E-state index contributed by atoms with van der Waals surface area (Å²) in [6.45, 7) is 8.32. The lowest BCUT2D eigenvalue weighted by molar-refractivity contribution is 0.326. The Morgan fingerprint density at radius 3 is 2.59 bits per heavy atom. The van der Waals surface area contributed by atoms with Gasteiger partial charge in [0.1, 0.15) is 0 Å². The van der Waals surface area contributed by atoms with Gasteiger partial charge in [0.25, 0.3) is 7.52 Å². The molecule has 3 N–H and O–H groups in total. The van der Waals surface area contributed by atoms with Gasteiger partial charge >= 0.3 is 0 Å². The zero-order chi connectivity index (χ0) is 21.2. The van der Waals surface area contributed by atoms with Gasteiger partial charge in [0.15, 0.2) is 11.5 Å². The van der Waals surface area contributed by atoms with Crippen LogP contribution in [-0.4, -0.2) is 41.4 Å². The predicted octanol–water partition coefficient (Wildman–Crippen LogP) is 3.86. The molecule has 0 radical (unpaired) electrons. The number of anilines is 1. The second-order valence-corrected chi connectivity index (χ2v) is 9.72. The Labute approximate surface area is 171 Å². The van der Waals surface area contributed by atoms with Gasteiger partial charge in [0.05, 0.1) is 19.4 Å². The van der Waals surface area contributed by atoms with Crippen molar-refractivity contribution >= 4 is 13.5 Å². The van der Waals surface area contributed by atoms with E-state index >= 15 is 0 Å².